The van der Waals surface area contributed by atoms with Crippen molar-refractivity contribution in [2.24, 2.45) is 14.1 Å². The largest absolute Gasteiger partial charge is 0.330 e. The molecule has 150 valence electrons. The minimum absolute atomic E-state index is 0.250. The Balaban J connectivity index is 1.72. The van der Waals surface area contributed by atoms with Gasteiger partial charge in [-0.1, -0.05) is 29.8 Å². The second-order valence-electron chi connectivity index (χ2n) is 6.85. The summed E-state index contributed by atoms with van der Waals surface area (Å²) < 4.78 is 2.29. The number of aromatic nitrogens is 3. The third kappa shape index (κ3) is 4.78. The van der Waals surface area contributed by atoms with Crippen LogP contribution in [-0.2, 0) is 25.3 Å². The fraction of sp³-hybridized carbons (Fsp3) is 0.238. The fourth-order valence-electron chi connectivity index (χ4n) is 2.80. The number of rotatable bonds is 5. The molecule has 0 unspecified atom stereocenters. The summed E-state index contributed by atoms with van der Waals surface area (Å²) in [6.45, 7) is 3.97. The van der Waals surface area contributed by atoms with Gasteiger partial charge < -0.3 is 4.57 Å². The maximum atomic E-state index is 12.2. The summed E-state index contributed by atoms with van der Waals surface area (Å²) >= 11 is 1.43. The van der Waals surface area contributed by atoms with E-state index >= 15 is 0 Å². The van der Waals surface area contributed by atoms with Gasteiger partial charge in [0.15, 0.2) is 5.13 Å². The molecule has 8 heteroatoms. The van der Waals surface area contributed by atoms with E-state index < -0.39 is 17.2 Å². The van der Waals surface area contributed by atoms with Gasteiger partial charge in [-0.3, -0.25) is 19.5 Å². The standard InChI is InChI=1S/C21H22N4O3S/c1-13-5-7-15(8-6-13)11-17-14(2)22-20(29-17)23-18(26)10-9-16-12-24(3)21(28)25(4)19(16)27/h5-10,12H,11H2,1-4H3,(H,22,23,26)/b10-9+. The molecule has 3 aromatic rings. The quantitative estimate of drug-likeness (QED) is 0.655. The van der Waals surface area contributed by atoms with Gasteiger partial charge >= 0.3 is 5.69 Å². The third-order valence-corrected chi connectivity index (χ3v) is 5.57. The Morgan fingerprint density at radius 2 is 1.86 bits per heavy atom. The average Bonchev–Trinajstić information content (AvgIpc) is 3.02. The zero-order chi connectivity index (χ0) is 21.1. The maximum Gasteiger partial charge on any atom is 0.330 e. The summed E-state index contributed by atoms with van der Waals surface area (Å²) in [6.07, 6.45) is 4.81. The van der Waals surface area contributed by atoms with E-state index in [1.54, 1.807) is 7.05 Å². The molecule has 0 aliphatic carbocycles. The maximum absolute atomic E-state index is 12.2. The minimum Gasteiger partial charge on any atom is -0.303 e. The molecule has 1 amide bonds. The minimum atomic E-state index is -0.456. The number of hydrogen-bond donors (Lipinski definition) is 1. The summed E-state index contributed by atoms with van der Waals surface area (Å²) in [4.78, 5) is 41.6. The van der Waals surface area contributed by atoms with E-state index in [2.05, 4.69) is 34.6 Å². The van der Waals surface area contributed by atoms with Crippen molar-refractivity contribution < 1.29 is 4.79 Å². The van der Waals surface area contributed by atoms with Crippen LogP contribution < -0.4 is 16.6 Å². The highest BCUT2D eigenvalue weighted by Crippen LogP contribution is 2.25. The van der Waals surface area contributed by atoms with Crippen molar-refractivity contribution in [3.63, 3.8) is 0 Å². The van der Waals surface area contributed by atoms with Gasteiger partial charge in [0, 0.05) is 37.7 Å². The number of aryl methyl sites for hydroxylation is 3. The monoisotopic (exact) mass is 410 g/mol. The molecule has 1 N–H and O–H groups in total. The molecule has 1 aromatic carbocycles. The van der Waals surface area contributed by atoms with Gasteiger partial charge in [0.2, 0.25) is 5.91 Å². The van der Waals surface area contributed by atoms with Crippen LogP contribution in [0.1, 0.15) is 27.3 Å². The zero-order valence-corrected chi connectivity index (χ0v) is 17.5. The van der Waals surface area contributed by atoms with Crippen molar-refractivity contribution in [1.82, 2.24) is 14.1 Å². The SMILES string of the molecule is Cc1ccc(Cc2sc(NC(=O)/C=C/c3cn(C)c(=O)n(C)c3=O)nc2C)cc1. The fourth-order valence-corrected chi connectivity index (χ4v) is 3.80. The Morgan fingerprint density at radius 1 is 1.17 bits per heavy atom. The van der Waals surface area contributed by atoms with Crippen LogP contribution in [-0.4, -0.2) is 20.0 Å². The van der Waals surface area contributed by atoms with Crippen LogP contribution in [0.3, 0.4) is 0 Å². The number of carbonyl (C=O) groups is 1. The number of nitrogens with one attached hydrogen (secondary N) is 1. The summed E-state index contributed by atoms with van der Waals surface area (Å²) in [5, 5.41) is 3.24. The van der Waals surface area contributed by atoms with Gasteiger partial charge in [-0.25, -0.2) is 9.78 Å². The lowest BCUT2D eigenvalue weighted by Crippen LogP contribution is -2.37. The first-order valence-electron chi connectivity index (χ1n) is 9.02. The summed E-state index contributed by atoms with van der Waals surface area (Å²) in [6, 6.07) is 8.32. The van der Waals surface area contributed by atoms with Crippen molar-refractivity contribution in [1.29, 1.82) is 0 Å². The Bertz CT molecular complexity index is 1200. The molecule has 29 heavy (non-hydrogen) atoms. The van der Waals surface area contributed by atoms with E-state index in [4.69, 9.17) is 0 Å². The topological polar surface area (TPSA) is 86.0 Å². The van der Waals surface area contributed by atoms with Crippen LogP contribution >= 0.6 is 11.3 Å². The Kier molecular flexibility index (Phi) is 5.93. The van der Waals surface area contributed by atoms with Crippen LogP contribution in [0.15, 0.2) is 46.1 Å². The van der Waals surface area contributed by atoms with E-state index in [1.165, 1.54) is 52.4 Å². The van der Waals surface area contributed by atoms with Crippen LogP contribution in [0, 0.1) is 13.8 Å². The first-order valence-corrected chi connectivity index (χ1v) is 9.84. The van der Waals surface area contributed by atoms with Gasteiger partial charge in [-0.2, -0.15) is 0 Å². The number of amides is 1. The molecule has 0 spiro atoms. The molecule has 0 aliphatic heterocycles. The van der Waals surface area contributed by atoms with Crippen molar-refractivity contribution in [3.05, 3.63) is 84.6 Å². The van der Waals surface area contributed by atoms with Gasteiger partial charge in [0.05, 0.1) is 11.3 Å². The molecule has 2 aromatic heterocycles. The van der Waals surface area contributed by atoms with Crippen LogP contribution in [0.2, 0.25) is 0 Å². The molecular formula is C21H22N4O3S. The van der Waals surface area contributed by atoms with Crippen molar-refractivity contribution in [2.75, 3.05) is 5.32 Å². The number of hydrogen-bond acceptors (Lipinski definition) is 5. The Hall–Kier alpha value is -3.26. The number of thiazole rings is 1. The van der Waals surface area contributed by atoms with E-state index in [1.807, 2.05) is 13.8 Å². The molecular weight excluding hydrogens is 388 g/mol. The van der Waals surface area contributed by atoms with Crippen molar-refractivity contribution in [2.45, 2.75) is 20.3 Å². The molecule has 0 atom stereocenters. The smallest absolute Gasteiger partial charge is 0.303 e. The second-order valence-corrected chi connectivity index (χ2v) is 7.94. The summed E-state index contributed by atoms with van der Waals surface area (Å²) in [5.41, 5.74) is 2.65. The van der Waals surface area contributed by atoms with E-state index in [0.29, 0.717) is 5.13 Å². The highest BCUT2D eigenvalue weighted by Gasteiger charge is 2.10. The van der Waals surface area contributed by atoms with Gasteiger partial charge in [0.25, 0.3) is 5.56 Å². The highest BCUT2D eigenvalue weighted by molar-refractivity contribution is 7.15. The predicted molar refractivity (Wildman–Crippen MR) is 115 cm³/mol. The number of carbonyl (C=O) groups excluding carboxylic acids is 1. The molecule has 3 rings (SSSR count). The number of anilines is 1. The third-order valence-electron chi connectivity index (χ3n) is 4.50. The van der Waals surface area contributed by atoms with Crippen LogP contribution in [0.25, 0.3) is 6.08 Å². The lowest BCUT2D eigenvalue weighted by atomic mass is 10.1. The number of benzene rings is 1. The Morgan fingerprint density at radius 3 is 2.55 bits per heavy atom. The highest BCUT2D eigenvalue weighted by atomic mass is 32.1. The second kappa shape index (κ2) is 8.40. The van der Waals surface area contributed by atoms with Crippen LogP contribution in [0.4, 0.5) is 5.13 Å². The van der Waals surface area contributed by atoms with Crippen LogP contribution in [0.5, 0.6) is 0 Å². The Labute approximate surface area is 172 Å². The lowest BCUT2D eigenvalue weighted by Gasteiger charge is -2.03. The summed E-state index contributed by atoms with van der Waals surface area (Å²) in [5.74, 6) is -0.392. The first kappa shape index (κ1) is 20.5. The zero-order valence-electron chi connectivity index (χ0n) is 16.7. The normalized spacial score (nSPS) is 11.2. The van der Waals surface area contributed by atoms with Gasteiger partial charge in [-0.15, -0.1) is 11.3 Å². The van der Waals surface area contributed by atoms with Crippen molar-refractivity contribution >= 4 is 28.5 Å². The van der Waals surface area contributed by atoms with E-state index in [9.17, 15) is 14.4 Å². The summed E-state index contributed by atoms with van der Waals surface area (Å²) in [7, 11) is 2.95. The molecule has 0 saturated carbocycles. The molecule has 0 saturated heterocycles. The van der Waals surface area contributed by atoms with E-state index in [0.717, 1.165) is 21.6 Å². The molecule has 7 nitrogen and oxygen atoms in total. The molecule has 0 aliphatic rings. The molecule has 0 radical (unpaired) electrons. The molecule has 0 bridgehead atoms. The van der Waals surface area contributed by atoms with Gasteiger partial charge in [0.1, 0.15) is 0 Å². The molecule has 0 fully saturated rings. The lowest BCUT2D eigenvalue weighted by molar-refractivity contribution is -0.111. The van der Waals surface area contributed by atoms with E-state index in [-0.39, 0.29) is 5.56 Å². The number of nitrogens with zero attached hydrogens (tertiary/aromatic N) is 3. The molecule has 2 heterocycles. The first-order chi connectivity index (χ1) is 13.7. The van der Waals surface area contributed by atoms with Gasteiger partial charge in [-0.05, 0) is 25.5 Å². The average molecular weight is 410 g/mol. The van der Waals surface area contributed by atoms with Crippen molar-refractivity contribution in [3.8, 4) is 0 Å². The predicted octanol–water partition coefficient (Wildman–Crippen LogP) is 2.40.